The van der Waals surface area contributed by atoms with Gasteiger partial charge in [0.2, 0.25) is 11.8 Å². The molecular weight excluding hydrogens is 461 g/mol. The first-order valence-corrected chi connectivity index (χ1v) is 12.7. The Balaban J connectivity index is 1.18. The van der Waals surface area contributed by atoms with Crippen LogP contribution in [0.15, 0.2) is 24.3 Å². The second-order valence-electron chi connectivity index (χ2n) is 9.60. The lowest BCUT2D eigenvalue weighted by Crippen LogP contribution is -2.45. The SMILES string of the molecule is O=C(C=Cc1ccc(Cl)c(Cl)c1)N1CCC(=O)N(CCCCN2CCC3(CC3)C(O)C2)CC1. The molecule has 4 rings (SSSR count). The lowest BCUT2D eigenvalue weighted by molar-refractivity contribution is -0.130. The number of piperidine rings is 1. The zero-order valence-electron chi connectivity index (χ0n) is 19.0. The zero-order valence-corrected chi connectivity index (χ0v) is 20.5. The van der Waals surface area contributed by atoms with Crippen LogP contribution >= 0.6 is 23.2 Å². The van der Waals surface area contributed by atoms with E-state index in [0.29, 0.717) is 36.1 Å². The van der Waals surface area contributed by atoms with E-state index in [9.17, 15) is 14.7 Å². The van der Waals surface area contributed by atoms with Gasteiger partial charge in [0.25, 0.3) is 0 Å². The van der Waals surface area contributed by atoms with E-state index in [0.717, 1.165) is 51.0 Å². The minimum Gasteiger partial charge on any atom is -0.391 e. The van der Waals surface area contributed by atoms with Gasteiger partial charge in [0, 0.05) is 45.2 Å². The summed E-state index contributed by atoms with van der Waals surface area (Å²) in [5.74, 6) is 0.00986. The Morgan fingerprint density at radius 2 is 1.85 bits per heavy atom. The molecule has 33 heavy (non-hydrogen) atoms. The Morgan fingerprint density at radius 3 is 2.58 bits per heavy atom. The summed E-state index contributed by atoms with van der Waals surface area (Å²) >= 11 is 12.0. The number of likely N-dealkylation sites (tertiary alicyclic amines) is 1. The van der Waals surface area contributed by atoms with Gasteiger partial charge in [0.15, 0.2) is 0 Å². The van der Waals surface area contributed by atoms with E-state index in [1.54, 1.807) is 29.2 Å². The standard InChI is InChI=1S/C25H33Cl2N3O3/c26-20-5-3-19(17-21(20)27)4-6-23(32)30-13-7-24(33)29(15-16-30)12-2-1-11-28-14-10-25(8-9-25)22(31)18-28/h3-6,17,22,31H,1-2,7-16,18H2. The Bertz CT molecular complexity index is 903. The van der Waals surface area contributed by atoms with Crippen LogP contribution in [0.3, 0.4) is 0 Å². The van der Waals surface area contributed by atoms with Crippen molar-refractivity contribution in [2.75, 3.05) is 45.8 Å². The van der Waals surface area contributed by atoms with Gasteiger partial charge >= 0.3 is 0 Å². The van der Waals surface area contributed by atoms with Gasteiger partial charge in [-0.1, -0.05) is 29.3 Å². The lowest BCUT2D eigenvalue weighted by atomic mass is 9.90. The molecule has 2 amide bonds. The lowest BCUT2D eigenvalue weighted by Gasteiger charge is -2.36. The molecule has 0 bridgehead atoms. The molecule has 2 aliphatic heterocycles. The number of rotatable bonds is 7. The Labute approximate surface area is 206 Å². The molecule has 1 aromatic carbocycles. The van der Waals surface area contributed by atoms with Crippen LogP contribution in [0.25, 0.3) is 6.08 Å². The van der Waals surface area contributed by atoms with Gasteiger partial charge in [-0.2, -0.15) is 0 Å². The summed E-state index contributed by atoms with van der Waals surface area (Å²) in [6.07, 6.45) is 8.86. The highest BCUT2D eigenvalue weighted by Crippen LogP contribution is 2.53. The average Bonchev–Trinajstić information content (AvgIpc) is 3.60. The zero-order chi connectivity index (χ0) is 23.4. The third-order valence-electron chi connectivity index (χ3n) is 7.37. The van der Waals surface area contributed by atoms with Gasteiger partial charge < -0.3 is 19.8 Å². The molecule has 3 aliphatic rings. The summed E-state index contributed by atoms with van der Waals surface area (Å²) in [6, 6.07) is 5.23. The number of carbonyl (C=O) groups is 2. The minimum absolute atomic E-state index is 0.104. The topological polar surface area (TPSA) is 64.1 Å². The maximum atomic E-state index is 12.6. The molecule has 1 N–H and O–H groups in total. The molecule has 2 heterocycles. The van der Waals surface area contributed by atoms with Gasteiger partial charge in [-0.3, -0.25) is 9.59 Å². The van der Waals surface area contributed by atoms with E-state index in [2.05, 4.69) is 4.90 Å². The second kappa shape index (κ2) is 10.8. The quantitative estimate of drug-likeness (QED) is 0.464. The van der Waals surface area contributed by atoms with Crippen LogP contribution in [0.2, 0.25) is 10.0 Å². The maximum absolute atomic E-state index is 12.6. The summed E-state index contributed by atoms with van der Waals surface area (Å²) in [5, 5.41) is 11.3. The normalized spacial score (nSPS) is 23.4. The van der Waals surface area contributed by atoms with E-state index >= 15 is 0 Å². The monoisotopic (exact) mass is 493 g/mol. The predicted molar refractivity (Wildman–Crippen MR) is 131 cm³/mol. The highest BCUT2D eigenvalue weighted by atomic mass is 35.5. The van der Waals surface area contributed by atoms with E-state index in [1.165, 1.54) is 18.9 Å². The molecule has 1 spiro atoms. The number of β-amino-alcohol motifs (C(OH)–C–C–N with tert-alkyl or cyclic N) is 1. The van der Waals surface area contributed by atoms with Crippen LogP contribution in [0.4, 0.5) is 0 Å². The summed E-state index contributed by atoms with van der Waals surface area (Å²) in [7, 11) is 0. The number of carbonyl (C=O) groups excluding carboxylic acids is 2. The Morgan fingerprint density at radius 1 is 1.06 bits per heavy atom. The van der Waals surface area contributed by atoms with Crippen LogP contribution in [0.1, 0.15) is 44.1 Å². The average molecular weight is 494 g/mol. The number of aliphatic hydroxyl groups is 1. The van der Waals surface area contributed by atoms with Crippen molar-refractivity contribution in [3.63, 3.8) is 0 Å². The molecule has 8 heteroatoms. The van der Waals surface area contributed by atoms with Gasteiger partial charge in [-0.05, 0) is 74.4 Å². The molecule has 1 atom stereocenters. The second-order valence-corrected chi connectivity index (χ2v) is 10.4. The van der Waals surface area contributed by atoms with Gasteiger partial charge in [0.05, 0.1) is 16.1 Å². The minimum atomic E-state index is -0.173. The Hall–Kier alpha value is -1.60. The van der Waals surface area contributed by atoms with E-state index in [-0.39, 0.29) is 23.3 Å². The molecular formula is C25H33Cl2N3O3. The summed E-state index contributed by atoms with van der Waals surface area (Å²) in [6.45, 7) is 5.10. The van der Waals surface area contributed by atoms with Crippen molar-refractivity contribution in [1.82, 2.24) is 14.7 Å². The largest absolute Gasteiger partial charge is 0.391 e. The van der Waals surface area contributed by atoms with Crippen molar-refractivity contribution in [3.8, 4) is 0 Å². The number of nitrogens with zero attached hydrogens (tertiary/aromatic N) is 3. The summed E-state index contributed by atoms with van der Waals surface area (Å²) in [4.78, 5) is 31.2. The van der Waals surface area contributed by atoms with Crippen LogP contribution in [0.5, 0.6) is 0 Å². The molecule has 3 fully saturated rings. The fraction of sp³-hybridized carbons (Fsp3) is 0.600. The molecule has 180 valence electrons. The Kier molecular flexibility index (Phi) is 8.00. The summed E-state index contributed by atoms with van der Waals surface area (Å²) in [5.41, 5.74) is 1.05. The highest BCUT2D eigenvalue weighted by molar-refractivity contribution is 6.42. The fourth-order valence-corrected chi connectivity index (χ4v) is 5.18. The van der Waals surface area contributed by atoms with Crippen molar-refractivity contribution in [2.24, 2.45) is 5.41 Å². The number of amides is 2. The molecule has 1 aliphatic carbocycles. The van der Waals surface area contributed by atoms with Crippen molar-refractivity contribution in [1.29, 1.82) is 0 Å². The van der Waals surface area contributed by atoms with Crippen LogP contribution < -0.4 is 0 Å². The number of halogens is 2. The molecule has 0 radical (unpaired) electrons. The molecule has 1 saturated carbocycles. The van der Waals surface area contributed by atoms with Crippen molar-refractivity contribution < 1.29 is 14.7 Å². The maximum Gasteiger partial charge on any atom is 0.246 e. The first-order valence-electron chi connectivity index (χ1n) is 12.0. The number of unbranched alkanes of at least 4 members (excludes halogenated alkanes) is 1. The van der Waals surface area contributed by atoms with Crippen LogP contribution in [-0.4, -0.2) is 83.5 Å². The van der Waals surface area contributed by atoms with Crippen molar-refractivity contribution in [2.45, 2.75) is 44.6 Å². The first kappa shape index (κ1) is 24.5. The third kappa shape index (κ3) is 6.30. The highest BCUT2D eigenvalue weighted by Gasteiger charge is 2.50. The predicted octanol–water partition coefficient (Wildman–Crippen LogP) is 3.69. The number of hydrogen-bond donors (Lipinski definition) is 1. The first-order chi connectivity index (χ1) is 15.9. The van der Waals surface area contributed by atoms with Crippen LogP contribution in [0, 0.1) is 5.41 Å². The fourth-order valence-electron chi connectivity index (χ4n) is 4.87. The van der Waals surface area contributed by atoms with Gasteiger partial charge in [-0.25, -0.2) is 0 Å². The molecule has 1 aromatic rings. The van der Waals surface area contributed by atoms with Crippen molar-refractivity contribution >= 4 is 41.1 Å². The smallest absolute Gasteiger partial charge is 0.246 e. The number of aliphatic hydroxyl groups excluding tert-OH is 1. The molecule has 1 unspecified atom stereocenters. The van der Waals surface area contributed by atoms with E-state index in [4.69, 9.17) is 23.2 Å². The van der Waals surface area contributed by atoms with E-state index in [1.807, 2.05) is 4.90 Å². The molecule has 2 saturated heterocycles. The number of benzene rings is 1. The van der Waals surface area contributed by atoms with Crippen molar-refractivity contribution in [3.05, 3.63) is 39.9 Å². The van der Waals surface area contributed by atoms with Gasteiger partial charge in [0.1, 0.15) is 0 Å². The number of hydrogen-bond acceptors (Lipinski definition) is 4. The van der Waals surface area contributed by atoms with Gasteiger partial charge in [-0.15, -0.1) is 0 Å². The van der Waals surface area contributed by atoms with E-state index < -0.39 is 0 Å². The third-order valence-corrected chi connectivity index (χ3v) is 8.11. The molecule has 0 aromatic heterocycles. The summed E-state index contributed by atoms with van der Waals surface area (Å²) < 4.78 is 0. The van der Waals surface area contributed by atoms with Crippen LogP contribution in [-0.2, 0) is 9.59 Å². The molecule has 6 nitrogen and oxygen atoms in total.